The molecule has 3 heterocycles. The van der Waals surface area contributed by atoms with Crippen molar-refractivity contribution >= 4 is 34.6 Å². The highest BCUT2D eigenvalue weighted by Crippen LogP contribution is 2.32. The lowest BCUT2D eigenvalue weighted by Crippen LogP contribution is -2.50. The summed E-state index contributed by atoms with van der Waals surface area (Å²) in [5, 5.41) is 3.19. The Morgan fingerprint density at radius 3 is 2.37 bits per heavy atom. The van der Waals surface area contributed by atoms with Gasteiger partial charge in [-0.2, -0.15) is 4.98 Å². The van der Waals surface area contributed by atoms with E-state index in [-0.39, 0.29) is 24.2 Å². The molecule has 0 atom stereocenters. The van der Waals surface area contributed by atoms with E-state index < -0.39 is 0 Å². The molecule has 11 heteroatoms. The van der Waals surface area contributed by atoms with Crippen molar-refractivity contribution in [3.63, 3.8) is 0 Å². The summed E-state index contributed by atoms with van der Waals surface area (Å²) in [5.74, 6) is 1.86. The number of piperazine rings is 1. The number of carbonyl (C=O) groups is 2. The standard InChI is InChI=1S/C24H29N7O4/c1-15(32)30-10-12-31(13-11-30)21(33)8-9-26-23-22-18(28-24(25)29-23)6-5-17(27-22)16-4-7-19(34-2)20(14-16)35-3/h4-7,14H,8-13H2,1-3H3,(H3,25,26,28,29). The Morgan fingerprint density at radius 1 is 0.971 bits per heavy atom. The summed E-state index contributed by atoms with van der Waals surface area (Å²) >= 11 is 0. The maximum Gasteiger partial charge on any atom is 0.224 e. The average molecular weight is 480 g/mol. The van der Waals surface area contributed by atoms with E-state index in [1.165, 1.54) is 0 Å². The predicted octanol–water partition coefficient (Wildman–Crippen LogP) is 1.78. The van der Waals surface area contributed by atoms with E-state index in [4.69, 9.17) is 20.2 Å². The van der Waals surface area contributed by atoms with Gasteiger partial charge in [0.2, 0.25) is 17.8 Å². The van der Waals surface area contributed by atoms with Crippen molar-refractivity contribution in [1.82, 2.24) is 24.8 Å². The van der Waals surface area contributed by atoms with E-state index in [1.807, 2.05) is 30.3 Å². The maximum absolute atomic E-state index is 12.6. The van der Waals surface area contributed by atoms with Crippen molar-refractivity contribution in [1.29, 1.82) is 0 Å². The fraction of sp³-hybridized carbons (Fsp3) is 0.375. The highest BCUT2D eigenvalue weighted by atomic mass is 16.5. The number of rotatable bonds is 7. The fourth-order valence-electron chi connectivity index (χ4n) is 4.03. The van der Waals surface area contributed by atoms with Crippen LogP contribution in [0.1, 0.15) is 13.3 Å². The molecule has 0 spiro atoms. The summed E-state index contributed by atoms with van der Waals surface area (Å²) in [5.41, 5.74) is 8.59. The Hall–Kier alpha value is -4.15. The van der Waals surface area contributed by atoms with Crippen LogP contribution in [0, 0.1) is 0 Å². The van der Waals surface area contributed by atoms with Crippen LogP contribution in [0.15, 0.2) is 30.3 Å². The first-order chi connectivity index (χ1) is 16.9. The molecule has 1 fully saturated rings. The first-order valence-corrected chi connectivity index (χ1v) is 11.3. The summed E-state index contributed by atoms with van der Waals surface area (Å²) < 4.78 is 10.7. The molecule has 1 aromatic carbocycles. The number of anilines is 2. The molecule has 35 heavy (non-hydrogen) atoms. The van der Waals surface area contributed by atoms with Crippen LogP contribution in [-0.2, 0) is 9.59 Å². The van der Waals surface area contributed by atoms with E-state index >= 15 is 0 Å². The van der Waals surface area contributed by atoms with Gasteiger partial charge in [0.15, 0.2) is 17.3 Å². The summed E-state index contributed by atoms with van der Waals surface area (Å²) in [7, 11) is 3.17. The van der Waals surface area contributed by atoms with Gasteiger partial charge in [0.25, 0.3) is 0 Å². The van der Waals surface area contributed by atoms with Gasteiger partial charge in [-0.15, -0.1) is 0 Å². The topological polar surface area (TPSA) is 136 Å². The molecule has 0 unspecified atom stereocenters. The number of aromatic nitrogens is 3. The number of benzene rings is 1. The number of methoxy groups -OCH3 is 2. The lowest BCUT2D eigenvalue weighted by atomic mass is 10.1. The van der Waals surface area contributed by atoms with Crippen LogP contribution in [0.3, 0.4) is 0 Å². The second-order valence-corrected chi connectivity index (χ2v) is 8.13. The molecule has 3 aromatic rings. The summed E-state index contributed by atoms with van der Waals surface area (Å²) in [6.07, 6.45) is 0.279. The molecule has 2 aromatic heterocycles. The Labute approximate surface area is 203 Å². The van der Waals surface area contributed by atoms with Gasteiger partial charge in [0.1, 0.15) is 5.52 Å². The van der Waals surface area contributed by atoms with Gasteiger partial charge in [-0.25, -0.2) is 9.97 Å². The number of nitrogen functional groups attached to an aromatic ring is 1. The Balaban J connectivity index is 1.49. The van der Waals surface area contributed by atoms with Crippen molar-refractivity contribution in [2.24, 2.45) is 0 Å². The second kappa shape index (κ2) is 10.4. The molecule has 2 amide bonds. The van der Waals surface area contributed by atoms with Gasteiger partial charge in [-0.05, 0) is 30.3 Å². The third-order valence-electron chi connectivity index (χ3n) is 5.95. The summed E-state index contributed by atoms with van der Waals surface area (Å²) in [4.78, 5) is 41.0. The number of hydrogen-bond acceptors (Lipinski definition) is 9. The predicted molar refractivity (Wildman–Crippen MR) is 132 cm³/mol. The summed E-state index contributed by atoms with van der Waals surface area (Å²) in [6.45, 7) is 4.11. The van der Waals surface area contributed by atoms with Gasteiger partial charge in [0.05, 0.1) is 25.4 Å². The van der Waals surface area contributed by atoms with Crippen LogP contribution in [0.5, 0.6) is 11.5 Å². The zero-order chi connectivity index (χ0) is 24.9. The first-order valence-electron chi connectivity index (χ1n) is 11.3. The van der Waals surface area contributed by atoms with Crippen LogP contribution in [0.2, 0.25) is 0 Å². The van der Waals surface area contributed by atoms with Crippen LogP contribution in [-0.4, -0.2) is 83.5 Å². The van der Waals surface area contributed by atoms with Gasteiger partial charge in [-0.3, -0.25) is 9.59 Å². The third kappa shape index (κ3) is 5.34. The van der Waals surface area contributed by atoms with Crippen LogP contribution < -0.4 is 20.5 Å². The molecule has 0 radical (unpaired) electrons. The Morgan fingerprint density at radius 2 is 1.69 bits per heavy atom. The number of pyridine rings is 1. The molecule has 1 saturated heterocycles. The molecular weight excluding hydrogens is 450 g/mol. The maximum atomic E-state index is 12.6. The average Bonchev–Trinajstić information content (AvgIpc) is 2.87. The van der Waals surface area contributed by atoms with Gasteiger partial charge in [-0.1, -0.05) is 0 Å². The number of amides is 2. The van der Waals surface area contributed by atoms with Crippen molar-refractivity contribution in [2.75, 3.05) is 58.0 Å². The van der Waals surface area contributed by atoms with E-state index in [2.05, 4.69) is 15.3 Å². The molecule has 4 rings (SSSR count). The molecule has 0 aliphatic carbocycles. The molecule has 184 valence electrons. The lowest BCUT2D eigenvalue weighted by Gasteiger charge is -2.34. The van der Waals surface area contributed by atoms with Crippen LogP contribution >= 0.6 is 0 Å². The highest BCUT2D eigenvalue weighted by molar-refractivity contribution is 5.88. The first kappa shape index (κ1) is 24.0. The number of ether oxygens (including phenoxy) is 2. The quantitative estimate of drug-likeness (QED) is 0.520. The number of carbonyl (C=O) groups excluding carboxylic acids is 2. The molecule has 0 bridgehead atoms. The van der Waals surface area contributed by atoms with Crippen molar-refractivity contribution in [3.8, 4) is 22.8 Å². The van der Waals surface area contributed by atoms with E-state index in [0.717, 1.165) is 5.56 Å². The SMILES string of the molecule is COc1ccc(-c2ccc3nc(N)nc(NCCC(=O)N4CCN(C(C)=O)CC4)c3n2)cc1OC. The minimum Gasteiger partial charge on any atom is -0.493 e. The monoisotopic (exact) mass is 479 g/mol. The van der Waals surface area contributed by atoms with Crippen LogP contribution in [0.25, 0.3) is 22.3 Å². The Kier molecular flexibility index (Phi) is 7.14. The lowest BCUT2D eigenvalue weighted by molar-refractivity contribution is -0.138. The minimum atomic E-state index is 0.0195. The molecule has 11 nitrogen and oxygen atoms in total. The molecule has 1 aliphatic heterocycles. The number of fused-ring (bicyclic) bond motifs is 1. The third-order valence-corrected chi connectivity index (χ3v) is 5.95. The van der Waals surface area contributed by atoms with E-state index in [1.54, 1.807) is 30.9 Å². The molecule has 1 aliphatic rings. The minimum absolute atomic E-state index is 0.0195. The zero-order valence-electron chi connectivity index (χ0n) is 20.1. The molecule has 0 saturated carbocycles. The number of nitrogens with one attached hydrogen (secondary N) is 1. The number of nitrogens with zero attached hydrogens (tertiary/aromatic N) is 5. The Bertz CT molecular complexity index is 1240. The van der Waals surface area contributed by atoms with E-state index in [0.29, 0.717) is 66.8 Å². The van der Waals surface area contributed by atoms with Crippen molar-refractivity contribution in [3.05, 3.63) is 30.3 Å². The normalized spacial score (nSPS) is 13.6. The molecule has 3 N–H and O–H groups in total. The second-order valence-electron chi connectivity index (χ2n) is 8.13. The van der Waals surface area contributed by atoms with Gasteiger partial charge >= 0.3 is 0 Å². The van der Waals surface area contributed by atoms with Crippen molar-refractivity contribution < 1.29 is 19.1 Å². The summed E-state index contributed by atoms with van der Waals surface area (Å²) in [6, 6.07) is 9.25. The number of hydrogen-bond donors (Lipinski definition) is 2. The van der Waals surface area contributed by atoms with Gasteiger partial charge in [0, 0.05) is 51.6 Å². The smallest absolute Gasteiger partial charge is 0.224 e. The van der Waals surface area contributed by atoms with Crippen molar-refractivity contribution in [2.45, 2.75) is 13.3 Å². The van der Waals surface area contributed by atoms with Gasteiger partial charge < -0.3 is 30.3 Å². The van der Waals surface area contributed by atoms with Crippen LogP contribution in [0.4, 0.5) is 11.8 Å². The fourth-order valence-corrected chi connectivity index (χ4v) is 4.03. The largest absolute Gasteiger partial charge is 0.493 e. The molecular formula is C24H29N7O4. The number of nitrogens with two attached hydrogens (primary N) is 1. The highest BCUT2D eigenvalue weighted by Gasteiger charge is 2.22. The van der Waals surface area contributed by atoms with E-state index in [9.17, 15) is 9.59 Å². The zero-order valence-corrected chi connectivity index (χ0v) is 20.1.